The van der Waals surface area contributed by atoms with Crippen LogP contribution in [0, 0.1) is 17.3 Å². The van der Waals surface area contributed by atoms with Gasteiger partial charge in [-0.25, -0.2) is 0 Å². The topological polar surface area (TPSA) is 15.6 Å². The summed E-state index contributed by atoms with van der Waals surface area (Å²) in [5.41, 5.74) is 3.59. The van der Waals surface area contributed by atoms with Crippen LogP contribution in [0.25, 0.3) is 0 Å². The van der Waals surface area contributed by atoms with E-state index >= 15 is 0 Å². The molecule has 0 saturated heterocycles. The lowest BCUT2D eigenvalue weighted by Gasteiger charge is -2.36. The minimum absolute atomic E-state index is 0.201. The predicted molar refractivity (Wildman–Crippen MR) is 102 cm³/mol. The second kappa shape index (κ2) is 5.63. The van der Waals surface area contributed by atoms with Crippen LogP contribution in [-0.2, 0) is 0 Å². The van der Waals surface area contributed by atoms with Crippen LogP contribution >= 0.6 is 11.6 Å². The lowest BCUT2D eigenvalue weighted by molar-refractivity contribution is 0.242. The Morgan fingerprint density at radius 1 is 1.04 bits per heavy atom. The first kappa shape index (κ1) is 15.7. The Balaban J connectivity index is 1.85. The summed E-state index contributed by atoms with van der Waals surface area (Å²) in [4.78, 5) is 0. The molecule has 24 heavy (non-hydrogen) atoms. The van der Waals surface area contributed by atoms with Crippen molar-refractivity contribution in [2.45, 2.75) is 33.2 Å². The summed E-state index contributed by atoms with van der Waals surface area (Å²) in [5.74, 6) is 1.07. The zero-order valence-electron chi connectivity index (χ0n) is 14.4. The number of nitrogens with zero attached hydrogens (tertiary/aromatic N) is 2. The molecule has 0 aromatic heterocycles. The number of hydrogen-bond acceptors (Lipinski definition) is 2. The van der Waals surface area contributed by atoms with Crippen molar-refractivity contribution < 1.29 is 0 Å². The molecule has 0 bridgehead atoms. The van der Waals surface area contributed by atoms with Gasteiger partial charge in [-0.2, -0.15) is 5.10 Å². The van der Waals surface area contributed by atoms with Gasteiger partial charge in [-0.15, -0.1) is 0 Å². The predicted octanol–water partition coefficient (Wildman–Crippen LogP) is 5.62. The van der Waals surface area contributed by atoms with E-state index in [4.69, 9.17) is 16.7 Å². The number of benzene rings is 2. The van der Waals surface area contributed by atoms with Gasteiger partial charge >= 0.3 is 0 Å². The second-order valence-corrected chi connectivity index (χ2v) is 8.06. The van der Waals surface area contributed by atoms with E-state index in [2.05, 4.69) is 62.2 Å². The van der Waals surface area contributed by atoms with Crippen molar-refractivity contribution in [3.63, 3.8) is 0 Å². The minimum atomic E-state index is 0.201. The molecule has 0 radical (unpaired) electrons. The van der Waals surface area contributed by atoms with E-state index in [0.717, 1.165) is 28.4 Å². The maximum atomic E-state index is 6.50. The van der Waals surface area contributed by atoms with Crippen molar-refractivity contribution >= 4 is 23.0 Å². The zero-order chi connectivity index (χ0) is 16.9. The van der Waals surface area contributed by atoms with Gasteiger partial charge in [0.15, 0.2) is 0 Å². The van der Waals surface area contributed by atoms with E-state index < -0.39 is 0 Å². The summed E-state index contributed by atoms with van der Waals surface area (Å²) < 4.78 is 0. The fourth-order valence-electron chi connectivity index (χ4n) is 4.34. The van der Waals surface area contributed by atoms with Gasteiger partial charge in [0.2, 0.25) is 0 Å². The molecule has 0 spiro atoms. The third-order valence-electron chi connectivity index (χ3n) is 6.02. The molecule has 1 aliphatic heterocycles. The minimum Gasteiger partial charge on any atom is -0.261 e. The van der Waals surface area contributed by atoms with Gasteiger partial charge in [0.1, 0.15) is 0 Å². The summed E-state index contributed by atoms with van der Waals surface area (Å²) in [6, 6.07) is 19.0. The Labute approximate surface area is 149 Å². The van der Waals surface area contributed by atoms with E-state index in [9.17, 15) is 0 Å². The van der Waals surface area contributed by atoms with Crippen LogP contribution in [0.5, 0.6) is 0 Å². The average Bonchev–Trinajstić information content (AvgIpc) is 3.05. The Bertz CT molecular complexity index is 781. The van der Waals surface area contributed by atoms with Crippen molar-refractivity contribution in [2.75, 3.05) is 5.01 Å². The molecular formula is C21H23ClN2. The molecule has 1 heterocycles. The van der Waals surface area contributed by atoms with Crippen LogP contribution in [0.2, 0.25) is 5.02 Å². The SMILES string of the molecule is CC1C[C@H]2C(c3ccccc3Cl)=NN(c3ccccc3)[C@H]2C1(C)C. The summed E-state index contributed by atoms with van der Waals surface area (Å²) in [7, 11) is 0. The molecule has 1 aliphatic carbocycles. The third kappa shape index (κ3) is 2.28. The fraction of sp³-hybridized carbons (Fsp3) is 0.381. The Morgan fingerprint density at radius 3 is 2.42 bits per heavy atom. The number of hydrogen-bond donors (Lipinski definition) is 0. The molecule has 4 rings (SSSR count). The number of fused-ring (bicyclic) bond motifs is 1. The number of rotatable bonds is 2. The molecule has 2 aromatic carbocycles. The molecule has 1 saturated carbocycles. The highest BCUT2D eigenvalue weighted by Gasteiger charge is 2.55. The zero-order valence-corrected chi connectivity index (χ0v) is 15.2. The van der Waals surface area contributed by atoms with Gasteiger partial charge in [0.25, 0.3) is 0 Å². The molecule has 3 heteroatoms. The molecule has 2 aliphatic rings. The van der Waals surface area contributed by atoms with Crippen LogP contribution in [0.4, 0.5) is 5.69 Å². The summed E-state index contributed by atoms with van der Waals surface area (Å²) in [6.07, 6.45) is 1.16. The maximum Gasteiger partial charge on any atom is 0.0749 e. The number of anilines is 1. The van der Waals surface area contributed by atoms with Gasteiger partial charge in [0.05, 0.1) is 17.4 Å². The second-order valence-electron chi connectivity index (χ2n) is 7.65. The van der Waals surface area contributed by atoms with Crippen molar-refractivity contribution in [1.29, 1.82) is 0 Å². The van der Waals surface area contributed by atoms with Gasteiger partial charge < -0.3 is 0 Å². The molecule has 124 valence electrons. The van der Waals surface area contributed by atoms with Crippen LogP contribution in [-0.4, -0.2) is 11.8 Å². The van der Waals surface area contributed by atoms with E-state index in [1.165, 1.54) is 0 Å². The van der Waals surface area contributed by atoms with E-state index in [1.54, 1.807) is 0 Å². The first-order valence-electron chi connectivity index (χ1n) is 8.68. The lowest BCUT2D eigenvalue weighted by atomic mass is 9.78. The number of halogens is 1. The molecule has 0 amide bonds. The van der Waals surface area contributed by atoms with Crippen LogP contribution in [0.3, 0.4) is 0 Å². The third-order valence-corrected chi connectivity index (χ3v) is 6.35. The summed E-state index contributed by atoms with van der Waals surface area (Å²) in [5, 5.41) is 8.11. The first-order valence-corrected chi connectivity index (χ1v) is 9.05. The normalized spacial score (nSPS) is 27.9. The lowest BCUT2D eigenvalue weighted by Crippen LogP contribution is -2.41. The quantitative estimate of drug-likeness (QED) is 0.694. The Kier molecular flexibility index (Phi) is 3.69. The highest BCUT2D eigenvalue weighted by molar-refractivity contribution is 6.34. The molecule has 1 unspecified atom stereocenters. The van der Waals surface area contributed by atoms with E-state index in [0.29, 0.717) is 17.9 Å². The summed E-state index contributed by atoms with van der Waals surface area (Å²) in [6.45, 7) is 7.12. The fourth-order valence-corrected chi connectivity index (χ4v) is 4.58. The monoisotopic (exact) mass is 338 g/mol. The molecular weight excluding hydrogens is 316 g/mol. The van der Waals surface area contributed by atoms with Crippen molar-refractivity contribution in [3.05, 3.63) is 65.2 Å². The standard InChI is InChI=1S/C21H23ClN2/c1-14-13-17-19(16-11-7-8-12-18(16)22)23-24(20(17)21(14,2)3)15-9-5-4-6-10-15/h4-12,14,17,20H,13H2,1-3H3/t14?,17-,20+/m0/s1. The van der Waals surface area contributed by atoms with Crippen LogP contribution in [0.1, 0.15) is 32.8 Å². The molecule has 3 atom stereocenters. The molecule has 0 N–H and O–H groups in total. The number of hydrazone groups is 1. The number of para-hydroxylation sites is 1. The van der Waals surface area contributed by atoms with Gasteiger partial charge in [0, 0.05) is 16.5 Å². The average molecular weight is 339 g/mol. The molecule has 2 aromatic rings. The van der Waals surface area contributed by atoms with E-state index in [-0.39, 0.29) is 5.41 Å². The largest absolute Gasteiger partial charge is 0.261 e. The van der Waals surface area contributed by atoms with Crippen LogP contribution < -0.4 is 5.01 Å². The highest BCUT2D eigenvalue weighted by atomic mass is 35.5. The Hall–Kier alpha value is -1.80. The van der Waals surface area contributed by atoms with Crippen LogP contribution in [0.15, 0.2) is 59.7 Å². The highest BCUT2D eigenvalue weighted by Crippen LogP contribution is 2.53. The van der Waals surface area contributed by atoms with Gasteiger partial charge in [-0.3, -0.25) is 5.01 Å². The van der Waals surface area contributed by atoms with E-state index in [1.807, 2.05) is 18.2 Å². The molecule has 1 fully saturated rings. The van der Waals surface area contributed by atoms with Crippen molar-refractivity contribution in [3.8, 4) is 0 Å². The van der Waals surface area contributed by atoms with Gasteiger partial charge in [-0.1, -0.05) is 68.8 Å². The molecule has 2 nitrogen and oxygen atoms in total. The first-order chi connectivity index (χ1) is 11.5. The Morgan fingerprint density at radius 2 is 1.71 bits per heavy atom. The van der Waals surface area contributed by atoms with Gasteiger partial charge in [-0.05, 0) is 36.0 Å². The maximum absolute atomic E-state index is 6.50. The smallest absolute Gasteiger partial charge is 0.0749 e. The van der Waals surface area contributed by atoms with Crippen molar-refractivity contribution in [1.82, 2.24) is 0 Å². The summed E-state index contributed by atoms with van der Waals surface area (Å²) >= 11 is 6.50. The van der Waals surface area contributed by atoms with Crippen molar-refractivity contribution in [2.24, 2.45) is 22.4 Å².